The molecule has 0 unspecified atom stereocenters. The van der Waals surface area contributed by atoms with Crippen molar-refractivity contribution in [2.75, 3.05) is 0 Å². The highest BCUT2D eigenvalue weighted by Gasteiger charge is 2.02. The Morgan fingerprint density at radius 1 is 0.667 bits per heavy atom. The van der Waals surface area contributed by atoms with E-state index in [1.165, 1.54) is 16.5 Å². The van der Waals surface area contributed by atoms with Crippen molar-refractivity contribution < 1.29 is 0 Å². The molecule has 4 aromatic rings. The van der Waals surface area contributed by atoms with E-state index in [2.05, 4.69) is 65.4 Å². The molecule has 4 rings (SSSR count). The molecule has 0 saturated heterocycles. The first-order valence-corrected chi connectivity index (χ1v) is 8.12. The molecule has 3 aromatic carbocycles. The van der Waals surface area contributed by atoms with Crippen LogP contribution in [0.5, 0.6) is 0 Å². The summed E-state index contributed by atoms with van der Waals surface area (Å²) in [6, 6.07) is 31.2. The Hall–Kier alpha value is -3.13. The number of fused-ring (bicyclic) bond motifs is 1. The van der Waals surface area contributed by atoms with Crippen LogP contribution in [0.2, 0.25) is 0 Å². The van der Waals surface area contributed by atoms with E-state index in [9.17, 15) is 0 Å². The zero-order valence-corrected chi connectivity index (χ0v) is 13.3. The topological polar surface area (TPSA) is 17.3 Å². The first kappa shape index (κ1) is 14.5. The van der Waals surface area contributed by atoms with Crippen molar-refractivity contribution in [3.8, 4) is 0 Å². The quantitative estimate of drug-likeness (QED) is 0.511. The summed E-state index contributed by atoms with van der Waals surface area (Å²) in [6.45, 7) is 0.854. The number of rotatable bonds is 3. The fourth-order valence-electron chi connectivity index (χ4n) is 2.93. The molecule has 2 heteroatoms. The molecule has 0 amide bonds. The second-order valence-corrected chi connectivity index (χ2v) is 5.78. The van der Waals surface area contributed by atoms with Crippen molar-refractivity contribution in [2.24, 2.45) is 4.99 Å². The van der Waals surface area contributed by atoms with Gasteiger partial charge in [-0.1, -0.05) is 66.7 Å². The summed E-state index contributed by atoms with van der Waals surface area (Å²) < 4.78 is 2.27. The second-order valence-electron chi connectivity index (χ2n) is 5.78. The molecule has 2 nitrogen and oxygen atoms in total. The summed E-state index contributed by atoms with van der Waals surface area (Å²) in [7, 11) is 0. The molecule has 0 atom stereocenters. The van der Waals surface area contributed by atoms with Gasteiger partial charge in [-0.2, -0.15) is 0 Å². The summed E-state index contributed by atoms with van der Waals surface area (Å²) in [5, 5.41) is 2.17. The molecule has 0 N–H and O–H groups in total. The van der Waals surface area contributed by atoms with E-state index in [0.29, 0.717) is 0 Å². The molecule has 116 valence electrons. The SMILES string of the molecule is c1ccc(Cn2ccc(=Nc3ccccc3)c3ccccc32)cc1. The molecule has 0 fully saturated rings. The van der Waals surface area contributed by atoms with Crippen LogP contribution in [0.4, 0.5) is 5.69 Å². The fraction of sp³-hybridized carbons (Fsp3) is 0.0455. The minimum Gasteiger partial charge on any atom is -0.343 e. The van der Waals surface area contributed by atoms with E-state index in [0.717, 1.165) is 17.6 Å². The Morgan fingerprint density at radius 3 is 2.12 bits per heavy atom. The van der Waals surface area contributed by atoms with Gasteiger partial charge in [-0.3, -0.25) is 0 Å². The third-order valence-corrected chi connectivity index (χ3v) is 4.10. The highest BCUT2D eigenvalue weighted by Crippen LogP contribution is 2.14. The minimum absolute atomic E-state index is 0.854. The lowest BCUT2D eigenvalue weighted by Gasteiger charge is -2.11. The van der Waals surface area contributed by atoms with Crippen molar-refractivity contribution >= 4 is 16.6 Å². The van der Waals surface area contributed by atoms with Gasteiger partial charge in [-0.15, -0.1) is 0 Å². The maximum atomic E-state index is 4.80. The van der Waals surface area contributed by atoms with Crippen LogP contribution in [0, 0.1) is 0 Å². The Labute approximate surface area is 141 Å². The van der Waals surface area contributed by atoms with E-state index >= 15 is 0 Å². The van der Waals surface area contributed by atoms with Crippen LogP contribution in [0.1, 0.15) is 5.56 Å². The smallest absolute Gasteiger partial charge is 0.0744 e. The van der Waals surface area contributed by atoms with Gasteiger partial charge in [-0.25, -0.2) is 4.99 Å². The number of nitrogens with zero attached hydrogens (tertiary/aromatic N) is 2. The van der Waals surface area contributed by atoms with Gasteiger partial charge in [-0.05, 0) is 29.8 Å². The van der Waals surface area contributed by atoms with Gasteiger partial charge < -0.3 is 4.57 Å². The predicted octanol–water partition coefficient (Wildman–Crippen LogP) is 4.92. The number of para-hydroxylation sites is 2. The average molecular weight is 310 g/mol. The van der Waals surface area contributed by atoms with Gasteiger partial charge in [0.15, 0.2) is 0 Å². The third-order valence-electron chi connectivity index (χ3n) is 4.10. The zero-order chi connectivity index (χ0) is 16.2. The van der Waals surface area contributed by atoms with Crippen LogP contribution in [0.25, 0.3) is 10.9 Å². The van der Waals surface area contributed by atoms with Gasteiger partial charge in [0.2, 0.25) is 0 Å². The molecule has 0 spiro atoms. The van der Waals surface area contributed by atoms with Crippen LogP contribution in [-0.2, 0) is 6.54 Å². The molecular weight excluding hydrogens is 292 g/mol. The summed E-state index contributed by atoms with van der Waals surface area (Å²) in [5.41, 5.74) is 3.46. The van der Waals surface area contributed by atoms with Crippen molar-refractivity contribution in [3.05, 3.63) is 108 Å². The molecule has 1 heterocycles. The number of hydrogen-bond donors (Lipinski definition) is 0. The van der Waals surface area contributed by atoms with E-state index < -0.39 is 0 Å². The van der Waals surface area contributed by atoms with Crippen LogP contribution < -0.4 is 5.36 Å². The maximum Gasteiger partial charge on any atom is 0.0744 e. The van der Waals surface area contributed by atoms with Gasteiger partial charge in [0.05, 0.1) is 16.6 Å². The average Bonchev–Trinajstić information content (AvgIpc) is 2.65. The molecular formula is C22H18N2. The minimum atomic E-state index is 0.854. The number of pyridine rings is 1. The summed E-state index contributed by atoms with van der Waals surface area (Å²) in [6.07, 6.45) is 2.12. The summed E-state index contributed by atoms with van der Waals surface area (Å²) >= 11 is 0. The van der Waals surface area contributed by atoms with E-state index in [-0.39, 0.29) is 0 Å². The third kappa shape index (κ3) is 2.99. The van der Waals surface area contributed by atoms with Crippen LogP contribution in [0.15, 0.2) is 102 Å². The molecule has 0 aliphatic heterocycles. The van der Waals surface area contributed by atoms with Gasteiger partial charge in [0, 0.05) is 18.1 Å². The molecule has 0 bridgehead atoms. The van der Waals surface area contributed by atoms with Crippen molar-refractivity contribution in [2.45, 2.75) is 6.54 Å². The van der Waals surface area contributed by atoms with Crippen molar-refractivity contribution in [3.63, 3.8) is 0 Å². The summed E-state index contributed by atoms with van der Waals surface area (Å²) in [5.74, 6) is 0. The van der Waals surface area contributed by atoms with E-state index in [4.69, 9.17) is 4.99 Å². The highest BCUT2D eigenvalue weighted by molar-refractivity contribution is 5.78. The fourth-order valence-corrected chi connectivity index (χ4v) is 2.93. The number of benzene rings is 3. The lowest BCUT2D eigenvalue weighted by Crippen LogP contribution is -2.09. The second kappa shape index (κ2) is 6.55. The Kier molecular flexibility index (Phi) is 3.95. The van der Waals surface area contributed by atoms with Crippen molar-refractivity contribution in [1.29, 1.82) is 0 Å². The first-order chi connectivity index (χ1) is 11.9. The standard InChI is InChI=1S/C22H18N2/c1-3-9-18(10-4-1)17-24-16-15-21(20-13-7-8-14-22(20)24)23-19-11-5-2-6-12-19/h1-16H,17H2. The Morgan fingerprint density at radius 2 is 1.33 bits per heavy atom. The van der Waals surface area contributed by atoms with Crippen LogP contribution >= 0.6 is 0 Å². The maximum absolute atomic E-state index is 4.80. The normalized spacial score (nSPS) is 11.8. The lowest BCUT2D eigenvalue weighted by atomic mass is 10.1. The molecule has 1 aromatic heterocycles. The van der Waals surface area contributed by atoms with Gasteiger partial charge in [0.25, 0.3) is 0 Å². The van der Waals surface area contributed by atoms with Crippen molar-refractivity contribution in [1.82, 2.24) is 4.57 Å². The van der Waals surface area contributed by atoms with E-state index in [1.807, 2.05) is 36.4 Å². The summed E-state index contributed by atoms with van der Waals surface area (Å²) in [4.78, 5) is 4.80. The van der Waals surface area contributed by atoms with E-state index in [1.54, 1.807) is 0 Å². The number of aromatic nitrogens is 1. The van der Waals surface area contributed by atoms with Gasteiger partial charge >= 0.3 is 0 Å². The Balaban J connectivity index is 1.85. The lowest BCUT2D eigenvalue weighted by molar-refractivity contribution is 0.825. The molecule has 0 aliphatic carbocycles. The Bertz CT molecular complexity index is 1020. The monoisotopic (exact) mass is 310 g/mol. The molecule has 0 saturated carbocycles. The predicted molar refractivity (Wildman–Crippen MR) is 99.1 cm³/mol. The molecule has 24 heavy (non-hydrogen) atoms. The molecule has 0 radical (unpaired) electrons. The first-order valence-electron chi connectivity index (χ1n) is 8.12. The molecule has 0 aliphatic rings. The highest BCUT2D eigenvalue weighted by atomic mass is 14.9. The number of hydrogen-bond acceptors (Lipinski definition) is 1. The van der Waals surface area contributed by atoms with Crippen LogP contribution in [-0.4, -0.2) is 4.57 Å². The van der Waals surface area contributed by atoms with Crippen LogP contribution in [0.3, 0.4) is 0 Å². The zero-order valence-electron chi connectivity index (χ0n) is 13.3. The van der Waals surface area contributed by atoms with Gasteiger partial charge in [0.1, 0.15) is 0 Å². The largest absolute Gasteiger partial charge is 0.343 e.